The molecule has 7 heteroatoms. The van der Waals surface area contributed by atoms with Gasteiger partial charge in [0, 0.05) is 26.3 Å². The van der Waals surface area contributed by atoms with Gasteiger partial charge in [-0.15, -0.1) is 0 Å². The number of ether oxygens (including phenoxy) is 2. The van der Waals surface area contributed by atoms with E-state index in [1.54, 1.807) is 0 Å². The van der Waals surface area contributed by atoms with Crippen LogP contribution in [0.5, 0.6) is 0 Å². The number of hydrogen-bond donors (Lipinski definition) is 0. The van der Waals surface area contributed by atoms with E-state index in [2.05, 4.69) is 33.9 Å². The van der Waals surface area contributed by atoms with E-state index in [9.17, 15) is 0 Å². The van der Waals surface area contributed by atoms with Gasteiger partial charge in [-0.05, 0) is 50.0 Å². The van der Waals surface area contributed by atoms with Gasteiger partial charge in [0.1, 0.15) is 0 Å². The molecule has 1 aromatic rings. The van der Waals surface area contributed by atoms with Crippen molar-refractivity contribution in [3.8, 4) is 0 Å². The summed E-state index contributed by atoms with van der Waals surface area (Å²) in [5.41, 5.74) is 1.12. The molecule has 3 heterocycles. The summed E-state index contributed by atoms with van der Waals surface area (Å²) in [4.78, 5) is 2.14. The summed E-state index contributed by atoms with van der Waals surface area (Å²) in [6.45, 7) is 12.1. The van der Waals surface area contributed by atoms with Crippen LogP contribution >= 0.6 is 0 Å². The van der Waals surface area contributed by atoms with Crippen LogP contribution in [0.2, 0.25) is 0 Å². The molecule has 0 aliphatic carbocycles. The van der Waals surface area contributed by atoms with Crippen LogP contribution in [0, 0.1) is 0 Å². The van der Waals surface area contributed by atoms with Gasteiger partial charge in [-0.25, -0.2) is 4.68 Å². The third-order valence-corrected chi connectivity index (χ3v) is 4.76. The first kappa shape index (κ1) is 16.4. The molecular weight excluding hydrogens is 294 g/mol. The fourth-order valence-electron chi connectivity index (χ4n) is 3.52. The second-order valence-electron chi connectivity index (χ2n) is 6.71. The lowest BCUT2D eigenvalue weighted by Gasteiger charge is -2.33. The van der Waals surface area contributed by atoms with E-state index in [1.165, 1.54) is 0 Å². The average molecular weight is 321 g/mol. The van der Waals surface area contributed by atoms with Crippen LogP contribution in [-0.4, -0.2) is 58.2 Å². The Labute approximate surface area is 137 Å². The molecular formula is C16H27N5O2. The van der Waals surface area contributed by atoms with Crippen molar-refractivity contribution in [1.29, 1.82) is 0 Å². The van der Waals surface area contributed by atoms with Gasteiger partial charge in [-0.1, -0.05) is 17.3 Å². The fourth-order valence-corrected chi connectivity index (χ4v) is 3.52. The highest BCUT2D eigenvalue weighted by atomic mass is 16.5. The predicted molar refractivity (Wildman–Crippen MR) is 87.4 cm³/mol. The van der Waals surface area contributed by atoms with Gasteiger partial charge in [0.2, 0.25) is 5.95 Å². The third kappa shape index (κ3) is 3.72. The van der Waals surface area contributed by atoms with Crippen LogP contribution in [0.4, 0.5) is 5.95 Å². The summed E-state index contributed by atoms with van der Waals surface area (Å²) in [5, 5.41) is 12.2. The third-order valence-electron chi connectivity index (χ3n) is 4.76. The molecule has 0 radical (unpaired) electrons. The molecule has 0 amide bonds. The molecule has 0 N–H and O–H groups in total. The SMILES string of the molecule is C=C(C)CN(CC)c1nnnn1CC1CCC2(CCOCC2)O1. The highest BCUT2D eigenvalue weighted by molar-refractivity contribution is 5.30. The molecule has 1 atom stereocenters. The second-order valence-corrected chi connectivity index (χ2v) is 6.71. The first-order valence-corrected chi connectivity index (χ1v) is 8.53. The van der Waals surface area contributed by atoms with E-state index in [1.807, 2.05) is 11.6 Å². The minimum Gasteiger partial charge on any atom is -0.381 e. The van der Waals surface area contributed by atoms with Crippen molar-refractivity contribution >= 4 is 5.95 Å². The second kappa shape index (κ2) is 6.97. The van der Waals surface area contributed by atoms with Gasteiger partial charge in [0.25, 0.3) is 0 Å². The van der Waals surface area contributed by atoms with Gasteiger partial charge in [-0.3, -0.25) is 0 Å². The van der Waals surface area contributed by atoms with E-state index in [0.717, 1.165) is 63.5 Å². The average Bonchev–Trinajstić information content (AvgIpc) is 3.14. The first-order chi connectivity index (χ1) is 11.1. The summed E-state index contributed by atoms with van der Waals surface area (Å²) in [5.74, 6) is 0.798. The smallest absolute Gasteiger partial charge is 0.245 e. The Bertz CT molecular complexity index is 538. The van der Waals surface area contributed by atoms with Gasteiger partial charge >= 0.3 is 0 Å². The van der Waals surface area contributed by atoms with Crippen LogP contribution in [0.15, 0.2) is 12.2 Å². The molecule has 2 aliphatic heterocycles. The van der Waals surface area contributed by atoms with Crippen molar-refractivity contribution in [2.45, 2.75) is 57.8 Å². The molecule has 0 aromatic carbocycles. The highest BCUT2D eigenvalue weighted by Crippen LogP contribution is 2.38. The summed E-state index contributed by atoms with van der Waals surface area (Å²) in [6, 6.07) is 0. The molecule has 1 spiro atoms. The number of tetrazole rings is 1. The first-order valence-electron chi connectivity index (χ1n) is 8.53. The molecule has 2 aliphatic rings. The lowest BCUT2D eigenvalue weighted by molar-refractivity contribution is -0.106. The van der Waals surface area contributed by atoms with Crippen molar-refractivity contribution < 1.29 is 9.47 Å². The van der Waals surface area contributed by atoms with Gasteiger partial charge in [0.05, 0.1) is 18.2 Å². The van der Waals surface area contributed by atoms with Crippen LogP contribution in [-0.2, 0) is 16.0 Å². The number of hydrogen-bond acceptors (Lipinski definition) is 6. The molecule has 0 saturated carbocycles. The van der Waals surface area contributed by atoms with Crippen molar-refractivity contribution in [3.05, 3.63) is 12.2 Å². The van der Waals surface area contributed by atoms with Crippen molar-refractivity contribution in [1.82, 2.24) is 20.2 Å². The van der Waals surface area contributed by atoms with Crippen molar-refractivity contribution in [2.75, 3.05) is 31.2 Å². The lowest BCUT2D eigenvalue weighted by atomic mass is 9.91. The monoisotopic (exact) mass is 321 g/mol. The summed E-state index contributed by atoms with van der Waals surface area (Å²) >= 11 is 0. The number of nitrogens with zero attached hydrogens (tertiary/aromatic N) is 5. The Balaban J connectivity index is 1.65. The molecule has 128 valence electrons. The topological polar surface area (TPSA) is 65.3 Å². The number of aromatic nitrogens is 4. The van der Waals surface area contributed by atoms with E-state index >= 15 is 0 Å². The van der Waals surface area contributed by atoms with E-state index in [4.69, 9.17) is 9.47 Å². The molecule has 1 unspecified atom stereocenters. The van der Waals surface area contributed by atoms with Gasteiger partial charge in [-0.2, -0.15) is 0 Å². The minimum atomic E-state index is 0.0270. The Kier molecular flexibility index (Phi) is 4.96. The Morgan fingerprint density at radius 3 is 2.87 bits per heavy atom. The molecule has 23 heavy (non-hydrogen) atoms. The highest BCUT2D eigenvalue weighted by Gasteiger charge is 2.41. The maximum atomic E-state index is 6.38. The Hall–Kier alpha value is -1.47. The molecule has 3 rings (SSSR count). The Morgan fingerprint density at radius 2 is 2.17 bits per heavy atom. The zero-order chi connectivity index (χ0) is 16.3. The summed E-state index contributed by atoms with van der Waals surface area (Å²) < 4.78 is 13.7. The largest absolute Gasteiger partial charge is 0.381 e. The quantitative estimate of drug-likeness (QED) is 0.745. The lowest BCUT2D eigenvalue weighted by Crippen LogP contribution is -2.37. The number of rotatable bonds is 6. The molecule has 7 nitrogen and oxygen atoms in total. The van der Waals surface area contributed by atoms with E-state index in [-0.39, 0.29) is 11.7 Å². The van der Waals surface area contributed by atoms with E-state index < -0.39 is 0 Å². The maximum Gasteiger partial charge on any atom is 0.245 e. The summed E-state index contributed by atoms with van der Waals surface area (Å²) in [6.07, 6.45) is 4.36. The standard InChI is InChI=1S/C16H27N5O2/c1-4-20(11-13(2)3)15-17-18-19-21(15)12-14-5-6-16(23-14)7-9-22-10-8-16/h14H,2,4-12H2,1,3H3. The Morgan fingerprint density at radius 1 is 1.39 bits per heavy atom. The molecule has 2 fully saturated rings. The number of likely N-dealkylation sites (N-methyl/N-ethyl adjacent to an activating group) is 1. The molecule has 2 saturated heterocycles. The van der Waals surface area contributed by atoms with Crippen LogP contribution < -0.4 is 4.90 Å². The van der Waals surface area contributed by atoms with E-state index in [0.29, 0.717) is 6.54 Å². The van der Waals surface area contributed by atoms with Gasteiger partial charge in [0.15, 0.2) is 0 Å². The minimum absolute atomic E-state index is 0.0270. The maximum absolute atomic E-state index is 6.38. The molecule has 0 bridgehead atoms. The zero-order valence-corrected chi connectivity index (χ0v) is 14.2. The predicted octanol–water partition coefficient (Wildman–Crippen LogP) is 1.80. The zero-order valence-electron chi connectivity index (χ0n) is 14.2. The molecule has 1 aromatic heterocycles. The van der Waals surface area contributed by atoms with Crippen LogP contribution in [0.1, 0.15) is 39.5 Å². The fraction of sp³-hybridized carbons (Fsp3) is 0.812. The van der Waals surface area contributed by atoms with Crippen LogP contribution in [0.3, 0.4) is 0 Å². The van der Waals surface area contributed by atoms with Crippen molar-refractivity contribution in [3.63, 3.8) is 0 Å². The van der Waals surface area contributed by atoms with Gasteiger partial charge < -0.3 is 14.4 Å². The normalized spacial score (nSPS) is 23.3. The number of anilines is 1. The van der Waals surface area contributed by atoms with Crippen molar-refractivity contribution in [2.24, 2.45) is 0 Å². The summed E-state index contributed by atoms with van der Waals surface area (Å²) in [7, 11) is 0. The van der Waals surface area contributed by atoms with Crippen LogP contribution in [0.25, 0.3) is 0 Å².